The van der Waals surface area contributed by atoms with Crippen molar-refractivity contribution in [2.24, 2.45) is 28.5 Å². The van der Waals surface area contributed by atoms with Gasteiger partial charge in [-0.2, -0.15) is 0 Å². The van der Waals surface area contributed by atoms with Crippen LogP contribution in [0.1, 0.15) is 104 Å². The number of aromatic hydroxyl groups is 4. The average molecular weight is 1140 g/mol. The third kappa shape index (κ3) is 12.3. The minimum atomic E-state index is -1.80. The topological polar surface area (TPSA) is 349 Å². The third-order valence-corrected chi connectivity index (χ3v) is 15.2. The van der Waals surface area contributed by atoms with Crippen LogP contribution in [0.4, 0.5) is 0 Å². The van der Waals surface area contributed by atoms with Crippen LogP contribution in [0.15, 0.2) is 83.9 Å². The highest BCUT2D eigenvalue weighted by molar-refractivity contribution is 6.32. The van der Waals surface area contributed by atoms with Gasteiger partial charge in [-0.3, -0.25) is 33.8 Å². The Balaban J connectivity index is 1.37. The molecule has 80 heavy (non-hydrogen) atoms. The third-order valence-electron chi connectivity index (χ3n) is 14.6. The van der Waals surface area contributed by atoms with Gasteiger partial charge in [-0.15, -0.1) is 0 Å². The number of aliphatic hydroxyl groups is 3. The molecule has 5 aliphatic heterocycles. The van der Waals surface area contributed by atoms with Crippen LogP contribution in [0.5, 0.6) is 46.0 Å². The standard InChI is InChI=1S/C57H60Cl2N6O15/c1-24(2)11-38(62-4)57(78)65-51-43(71)15-29(18-48(60)72)55(76)64-50-28-16-46(54(75)47(17-28)80-45-10-7-27(53(51)74)14-36(45)59)79-44-9-6-26(13-35(44)58)52(73)34-22-41(69)31(21-37(50)61-3)25-5-8-40(68)33(12-25)49-32(19-30(67)20-42(49)70)39(23-66)63-56(34)77/h5-10,12-14,16-17,19-20,24,29,31,34,38-39,50-53,62,66-68,70,73-75H,11,15,18,21-23H2,1-4H3,(H2,60,72)(H,63,77)(H,64,76)(H,65,78)/t29-,31-,34-,38+,39+,50+,51-,52+,53+/m0/s1. The highest BCUT2D eigenvalue weighted by Gasteiger charge is 2.41. The van der Waals surface area contributed by atoms with Crippen LogP contribution in [-0.2, 0) is 28.8 Å². The molecule has 0 radical (unpaired) electrons. The van der Waals surface area contributed by atoms with Crippen LogP contribution in [-0.4, -0.2) is 109 Å². The van der Waals surface area contributed by atoms with Gasteiger partial charge in [0.1, 0.15) is 46.7 Å². The van der Waals surface area contributed by atoms with Gasteiger partial charge < -0.3 is 72.2 Å². The number of ketones is 2. The van der Waals surface area contributed by atoms with Crippen molar-refractivity contribution in [3.63, 3.8) is 0 Å². The number of phenolic OH excluding ortho intramolecular Hbond substituents is 4. The van der Waals surface area contributed by atoms with E-state index >= 15 is 9.59 Å². The summed E-state index contributed by atoms with van der Waals surface area (Å²) in [7, 11) is 2.89. The number of hydrogen-bond acceptors (Lipinski definition) is 17. The number of fused-ring (bicyclic) bond motifs is 15. The second kappa shape index (κ2) is 24.3. The number of amides is 4. The largest absolute Gasteiger partial charge is 0.508 e. The smallest absolute Gasteiger partial charge is 0.237 e. The zero-order valence-electron chi connectivity index (χ0n) is 43.7. The lowest BCUT2D eigenvalue weighted by molar-refractivity contribution is -0.136. The van der Waals surface area contributed by atoms with Crippen molar-refractivity contribution in [3.05, 3.63) is 117 Å². The molecule has 21 nitrogen and oxygen atoms in total. The maximum atomic E-state index is 15.4. The molecule has 13 N–H and O–H groups in total. The van der Waals surface area contributed by atoms with Crippen molar-refractivity contribution < 1.29 is 74.0 Å². The Morgan fingerprint density at radius 1 is 0.750 bits per heavy atom. The fraction of sp³-hybridized carbons (Fsp3) is 0.351. The number of Topliss-reactive ketones (excluding diaryl/α,β-unsaturated/α-hetero) is 2. The summed E-state index contributed by atoms with van der Waals surface area (Å²) in [6, 6.07) is 11.2. The molecule has 9 atom stereocenters. The highest BCUT2D eigenvalue weighted by atomic mass is 35.5. The Hall–Kier alpha value is -7.79. The van der Waals surface area contributed by atoms with Crippen molar-refractivity contribution in [1.29, 1.82) is 0 Å². The Morgan fingerprint density at radius 3 is 1.95 bits per heavy atom. The number of primary amides is 1. The number of carbonyl (C=O) groups is 6. The van der Waals surface area contributed by atoms with Gasteiger partial charge in [-0.25, -0.2) is 0 Å². The van der Waals surface area contributed by atoms with Crippen LogP contribution >= 0.6 is 23.2 Å². The lowest BCUT2D eigenvalue weighted by Crippen LogP contribution is -2.52. The molecule has 422 valence electrons. The molecule has 11 bridgehead atoms. The summed E-state index contributed by atoms with van der Waals surface area (Å²) in [6.45, 7) is 2.94. The molecule has 0 saturated heterocycles. The quantitative estimate of drug-likeness (QED) is 0.0864. The number of aliphatic imine (C=N–C) groups is 1. The second-order valence-electron chi connectivity index (χ2n) is 20.5. The van der Waals surface area contributed by atoms with Gasteiger partial charge in [0.25, 0.3) is 0 Å². The van der Waals surface area contributed by atoms with Gasteiger partial charge in [0.15, 0.2) is 17.3 Å². The van der Waals surface area contributed by atoms with Gasteiger partial charge in [0.05, 0.1) is 52.7 Å². The van der Waals surface area contributed by atoms with Crippen LogP contribution in [0.25, 0.3) is 11.1 Å². The Morgan fingerprint density at radius 2 is 1.38 bits per heavy atom. The first-order valence-electron chi connectivity index (χ1n) is 25.6. The Kier molecular flexibility index (Phi) is 17.7. The first-order valence-corrected chi connectivity index (χ1v) is 26.3. The molecule has 23 heteroatoms. The molecule has 0 saturated carbocycles. The molecule has 10 rings (SSSR count). The monoisotopic (exact) mass is 1140 g/mol. The van der Waals surface area contributed by atoms with Crippen molar-refractivity contribution in [2.45, 2.75) is 88.2 Å². The minimum absolute atomic E-state index is 0.0177. The molecule has 5 heterocycles. The zero-order chi connectivity index (χ0) is 58.0. The Labute approximate surface area is 468 Å². The molecule has 4 amide bonds. The van der Waals surface area contributed by atoms with E-state index in [1.54, 1.807) is 7.05 Å². The molecule has 0 aliphatic carbocycles. The molecule has 5 aromatic carbocycles. The van der Waals surface area contributed by atoms with E-state index in [9.17, 15) is 54.9 Å². The van der Waals surface area contributed by atoms with Crippen LogP contribution in [0.2, 0.25) is 10.0 Å². The maximum absolute atomic E-state index is 15.4. The number of aliphatic hydroxyl groups excluding tert-OH is 3. The summed E-state index contributed by atoms with van der Waals surface area (Å²) in [4.78, 5) is 91.2. The van der Waals surface area contributed by atoms with Crippen LogP contribution < -0.4 is 36.5 Å². The highest BCUT2D eigenvalue weighted by Crippen LogP contribution is 2.49. The maximum Gasteiger partial charge on any atom is 0.237 e. The summed E-state index contributed by atoms with van der Waals surface area (Å²) >= 11 is 13.7. The number of ether oxygens (including phenoxy) is 2. The van der Waals surface area contributed by atoms with E-state index < -0.39 is 145 Å². The number of hydrogen-bond donors (Lipinski definition) is 12. The average Bonchev–Trinajstić information content (AvgIpc) is 3.41. The number of halogens is 2. The minimum Gasteiger partial charge on any atom is -0.508 e. The van der Waals surface area contributed by atoms with Gasteiger partial charge in [0.2, 0.25) is 29.4 Å². The predicted molar refractivity (Wildman–Crippen MR) is 292 cm³/mol. The number of nitrogens with one attached hydrogen (secondary N) is 4. The molecular weight excluding hydrogens is 1080 g/mol. The number of rotatable bonds is 8. The van der Waals surface area contributed by atoms with Gasteiger partial charge in [-0.1, -0.05) is 55.2 Å². The summed E-state index contributed by atoms with van der Waals surface area (Å²) < 4.78 is 12.6. The van der Waals surface area contributed by atoms with Gasteiger partial charge in [0, 0.05) is 61.6 Å². The van der Waals surface area contributed by atoms with E-state index in [0.717, 1.165) is 12.1 Å². The van der Waals surface area contributed by atoms with Crippen molar-refractivity contribution >= 4 is 64.1 Å². The summed E-state index contributed by atoms with van der Waals surface area (Å²) in [5.41, 5.74) is 5.64. The molecule has 0 unspecified atom stereocenters. The fourth-order valence-electron chi connectivity index (χ4n) is 10.4. The van der Waals surface area contributed by atoms with Gasteiger partial charge in [-0.05, 0) is 102 Å². The zero-order valence-corrected chi connectivity index (χ0v) is 45.2. The number of benzene rings is 5. The normalized spacial score (nSPS) is 23.3. The van der Waals surface area contributed by atoms with Crippen LogP contribution in [0.3, 0.4) is 0 Å². The number of nitrogens with zero attached hydrogens (tertiary/aromatic N) is 1. The lowest BCUT2D eigenvalue weighted by Gasteiger charge is -2.31. The summed E-state index contributed by atoms with van der Waals surface area (Å²) in [6.07, 6.45) is -5.98. The predicted octanol–water partition coefficient (Wildman–Crippen LogP) is 5.87. The van der Waals surface area contributed by atoms with Crippen molar-refractivity contribution in [1.82, 2.24) is 21.3 Å². The number of carbonyl (C=O) groups excluding carboxylic acids is 6. The van der Waals surface area contributed by atoms with E-state index in [2.05, 4.69) is 26.3 Å². The molecule has 5 aliphatic rings. The second-order valence-corrected chi connectivity index (χ2v) is 21.3. The summed E-state index contributed by atoms with van der Waals surface area (Å²) in [5.74, 6) is -13.0. The van der Waals surface area contributed by atoms with Crippen molar-refractivity contribution in [3.8, 4) is 57.1 Å². The first kappa shape index (κ1) is 58.4. The van der Waals surface area contributed by atoms with E-state index in [-0.39, 0.29) is 83.6 Å². The number of likely N-dealkylation sites (N-methyl/N-ethyl adjacent to an activating group) is 1. The summed E-state index contributed by atoms with van der Waals surface area (Å²) in [5, 5.41) is 91.4. The Bertz CT molecular complexity index is 3320. The molecule has 5 aromatic rings. The van der Waals surface area contributed by atoms with Crippen LogP contribution in [0, 0.1) is 17.8 Å². The van der Waals surface area contributed by atoms with E-state index in [0.29, 0.717) is 6.42 Å². The van der Waals surface area contributed by atoms with E-state index in [1.165, 1.54) is 73.8 Å². The molecule has 0 spiro atoms. The molecular formula is C57H60Cl2N6O15. The lowest BCUT2D eigenvalue weighted by atomic mass is 9.79. The fourth-order valence-corrected chi connectivity index (χ4v) is 10.9. The number of nitrogens with two attached hydrogens (primary N) is 1. The SMILES string of the molecule is CN=C1C[C@@H]2C(=O)C[C@H](C(=O)N[C@H](CO)c3cc(O)cc(O)c3-c3cc2ccc3O)[C@H](O)c2ccc(c(Cl)c2)Oc2cc3cc(c2O)Oc2ccc(cc2Cl)[C@@H](O)[C@@H](NC(=O)[C@@H](CC(C)C)NC)C(=O)C[C@@H](CC(N)=O)C(=O)N[C@@H]13. The molecule has 0 fully saturated rings. The number of phenols is 4. The van der Waals surface area contributed by atoms with E-state index in [1.807, 2.05) is 13.8 Å². The van der Waals surface area contributed by atoms with Gasteiger partial charge >= 0.3 is 0 Å². The molecule has 0 aromatic heterocycles. The van der Waals surface area contributed by atoms with E-state index in [4.69, 9.17) is 38.4 Å². The van der Waals surface area contributed by atoms with Crippen molar-refractivity contribution in [2.75, 3.05) is 20.7 Å². The first-order chi connectivity index (χ1) is 38.0.